The molecule has 2 heterocycles. The molecule has 2 atom stereocenters. The van der Waals surface area contributed by atoms with Gasteiger partial charge in [-0.2, -0.15) is 0 Å². The summed E-state index contributed by atoms with van der Waals surface area (Å²) >= 11 is 0. The van der Waals surface area contributed by atoms with E-state index in [1.54, 1.807) is 4.90 Å². The number of hydrogen-bond acceptors (Lipinski definition) is 9. The van der Waals surface area contributed by atoms with Crippen LogP contribution in [-0.4, -0.2) is 106 Å². The van der Waals surface area contributed by atoms with Crippen molar-refractivity contribution >= 4 is 12.0 Å². The number of ether oxygens (including phenoxy) is 5. The number of benzene rings is 1. The molecule has 0 aliphatic carbocycles. The third-order valence-corrected chi connectivity index (χ3v) is 5.69. The van der Waals surface area contributed by atoms with Crippen LogP contribution in [0.1, 0.15) is 25.8 Å². The molecule has 0 bridgehead atoms. The van der Waals surface area contributed by atoms with Crippen molar-refractivity contribution in [2.75, 3.05) is 65.8 Å². The van der Waals surface area contributed by atoms with Crippen molar-refractivity contribution < 1.29 is 38.4 Å². The van der Waals surface area contributed by atoms with Gasteiger partial charge < -0.3 is 44.3 Å². The van der Waals surface area contributed by atoms with Gasteiger partial charge in [-0.15, -0.1) is 0 Å². The maximum absolute atomic E-state index is 12.0. The summed E-state index contributed by atoms with van der Waals surface area (Å²) in [6.45, 7) is 8.28. The highest BCUT2D eigenvalue weighted by molar-refractivity contribution is 5.74. The van der Waals surface area contributed by atoms with Crippen molar-refractivity contribution in [1.82, 2.24) is 15.5 Å². The summed E-state index contributed by atoms with van der Waals surface area (Å²) in [7, 11) is 0. The summed E-state index contributed by atoms with van der Waals surface area (Å²) in [5.41, 5.74) is 0.630. The lowest BCUT2D eigenvalue weighted by atomic mass is 10.1. The van der Waals surface area contributed by atoms with Crippen LogP contribution < -0.4 is 15.4 Å². The second kappa shape index (κ2) is 14.3. The fourth-order valence-corrected chi connectivity index (χ4v) is 3.69. The third-order valence-electron chi connectivity index (χ3n) is 5.69. The van der Waals surface area contributed by atoms with Crippen LogP contribution in [0.25, 0.3) is 0 Å². The lowest BCUT2D eigenvalue weighted by Gasteiger charge is -2.27. The number of urea groups is 1. The maximum atomic E-state index is 12.0. The zero-order valence-corrected chi connectivity index (χ0v) is 21.2. The largest absolute Gasteiger partial charge is 0.491 e. The van der Waals surface area contributed by atoms with E-state index in [-0.39, 0.29) is 37.2 Å². The fourth-order valence-electron chi connectivity index (χ4n) is 3.69. The predicted octanol–water partition coefficient (Wildman–Crippen LogP) is 0.685. The third kappa shape index (κ3) is 10.3. The standard InChI is InChI=1S/C25H39N3O8/c1-25(2)18-35-23(36-25)17-34-22(30)8-5-19-3-6-21(7-4-19)33-16-20(29)15-26-9-10-27-24(31)28-11-13-32-14-12-28/h3-4,6-7,20,23,26,29H,5,8-18H2,1-2H3,(H,27,31)/t20-,23-/m1/s1. The number of nitrogens with one attached hydrogen (secondary N) is 2. The predicted molar refractivity (Wildman–Crippen MR) is 131 cm³/mol. The molecule has 2 fully saturated rings. The SMILES string of the molecule is CC1(C)CO[C@@H](COC(=O)CCc2ccc(OC[C@H](O)CNCCNC(=O)N3CCOCC3)cc2)O1. The first kappa shape index (κ1) is 28.1. The number of carbonyl (C=O) groups excluding carboxylic acids is 2. The number of nitrogens with zero attached hydrogens (tertiary/aromatic N) is 1. The van der Waals surface area contributed by atoms with Crippen molar-refractivity contribution in [2.45, 2.75) is 44.7 Å². The van der Waals surface area contributed by atoms with Crippen molar-refractivity contribution in [3.05, 3.63) is 29.8 Å². The molecule has 0 aromatic heterocycles. The van der Waals surface area contributed by atoms with Gasteiger partial charge in [0.25, 0.3) is 0 Å². The van der Waals surface area contributed by atoms with Crippen molar-refractivity contribution in [2.24, 2.45) is 0 Å². The Morgan fingerprint density at radius 1 is 1.19 bits per heavy atom. The van der Waals surface area contributed by atoms with Gasteiger partial charge >= 0.3 is 12.0 Å². The highest BCUT2D eigenvalue weighted by Crippen LogP contribution is 2.22. The number of aryl methyl sites for hydroxylation is 1. The zero-order chi connectivity index (χ0) is 25.8. The topological polar surface area (TPSA) is 128 Å². The summed E-state index contributed by atoms with van der Waals surface area (Å²) < 4.78 is 27.2. The summed E-state index contributed by atoms with van der Waals surface area (Å²) in [5, 5.41) is 16.1. The van der Waals surface area contributed by atoms with E-state index in [1.165, 1.54) is 0 Å². The van der Waals surface area contributed by atoms with Gasteiger partial charge in [-0.05, 0) is 38.0 Å². The first-order valence-corrected chi connectivity index (χ1v) is 12.5. The molecule has 0 radical (unpaired) electrons. The van der Waals surface area contributed by atoms with E-state index >= 15 is 0 Å². The molecule has 202 valence electrons. The maximum Gasteiger partial charge on any atom is 0.317 e. The molecule has 2 aliphatic heterocycles. The molecule has 1 aromatic rings. The minimum absolute atomic E-state index is 0.0926. The molecule has 36 heavy (non-hydrogen) atoms. The van der Waals surface area contributed by atoms with Crippen LogP contribution in [0.3, 0.4) is 0 Å². The van der Waals surface area contributed by atoms with Crippen molar-refractivity contribution in [1.29, 1.82) is 0 Å². The number of aliphatic hydroxyl groups is 1. The van der Waals surface area contributed by atoms with Crippen LogP contribution in [0.15, 0.2) is 24.3 Å². The molecule has 1 aromatic carbocycles. The zero-order valence-electron chi connectivity index (χ0n) is 21.2. The van der Waals surface area contributed by atoms with Gasteiger partial charge in [0.15, 0.2) is 6.29 Å². The number of morpholine rings is 1. The Balaban J connectivity index is 1.21. The van der Waals surface area contributed by atoms with E-state index < -0.39 is 12.4 Å². The molecule has 0 spiro atoms. The highest BCUT2D eigenvalue weighted by Gasteiger charge is 2.33. The molecule has 2 aliphatic rings. The molecule has 0 saturated carbocycles. The van der Waals surface area contributed by atoms with E-state index in [0.29, 0.717) is 64.7 Å². The molecule has 2 saturated heterocycles. The van der Waals surface area contributed by atoms with Crippen LogP contribution in [-0.2, 0) is 30.2 Å². The number of esters is 1. The van der Waals surface area contributed by atoms with Gasteiger partial charge in [-0.1, -0.05) is 12.1 Å². The number of carbonyl (C=O) groups is 2. The molecular weight excluding hydrogens is 470 g/mol. The van der Waals surface area contributed by atoms with Crippen LogP contribution in [0.4, 0.5) is 4.79 Å². The molecule has 11 nitrogen and oxygen atoms in total. The van der Waals surface area contributed by atoms with Gasteiger partial charge in [0.2, 0.25) is 0 Å². The van der Waals surface area contributed by atoms with Crippen LogP contribution in [0.2, 0.25) is 0 Å². The molecular formula is C25H39N3O8. The second-order valence-electron chi connectivity index (χ2n) is 9.45. The Labute approximate surface area is 212 Å². The van der Waals surface area contributed by atoms with Gasteiger partial charge in [-0.25, -0.2) is 4.79 Å². The van der Waals surface area contributed by atoms with Gasteiger partial charge in [0.1, 0.15) is 25.1 Å². The Bertz CT molecular complexity index is 814. The number of hydrogen-bond donors (Lipinski definition) is 3. The van der Waals surface area contributed by atoms with Crippen molar-refractivity contribution in [3.63, 3.8) is 0 Å². The van der Waals surface area contributed by atoms with E-state index in [1.807, 2.05) is 38.1 Å². The molecule has 3 N–H and O–H groups in total. The Morgan fingerprint density at radius 3 is 2.64 bits per heavy atom. The van der Waals surface area contributed by atoms with Crippen molar-refractivity contribution in [3.8, 4) is 5.75 Å². The number of amides is 2. The highest BCUT2D eigenvalue weighted by atomic mass is 16.7. The first-order chi connectivity index (χ1) is 17.3. The molecule has 11 heteroatoms. The summed E-state index contributed by atoms with van der Waals surface area (Å²) in [6, 6.07) is 7.29. The van der Waals surface area contributed by atoms with Crippen LogP contribution >= 0.6 is 0 Å². The Hall–Kier alpha value is -2.44. The average Bonchev–Trinajstić information content (AvgIpc) is 3.24. The van der Waals surface area contributed by atoms with E-state index in [2.05, 4.69) is 10.6 Å². The summed E-state index contributed by atoms with van der Waals surface area (Å²) in [5.74, 6) is 0.333. The molecule has 3 rings (SSSR count). The Kier molecular flexibility index (Phi) is 11.2. The van der Waals surface area contributed by atoms with E-state index in [4.69, 9.17) is 23.7 Å². The normalized spacial score (nSPS) is 20.1. The first-order valence-electron chi connectivity index (χ1n) is 12.5. The second-order valence-corrected chi connectivity index (χ2v) is 9.45. The lowest BCUT2D eigenvalue weighted by Crippen LogP contribution is -2.47. The summed E-state index contributed by atoms with van der Waals surface area (Å²) in [4.78, 5) is 25.7. The minimum Gasteiger partial charge on any atom is -0.491 e. The lowest BCUT2D eigenvalue weighted by molar-refractivity contribution is -0.160. The molecule has 0 unspecified atom stereocenters. The average molecular weight is 510 g/mol. The monoisotopic (exact) mass is 509 g/mol. The smallest absolute Gasteiger partial charge is 0.317 e. The number of rotatable bonds is 13. The Morgan fingerprint density at radius 2 is 1.94 bits per heavy atom. The van der Waals surface area contributed by atoms with Gasteiger partial charge in [-0.3, -0.25) is 4.79 Å². The van der Waals surface area contributed by atoms with E-state index in [0.717, 1.165) is 5.56 Å². The van der Waals surface area contributed by atoms with Gasteiger partial charge in [0, 0.05) is 39.1 Å². The van der Waals surface area contributed by atoms with Crippen LogP contribution in [0, 0.1) is 0 Å². The molecule has 2 amide bonds. The minimum atomic E-state index is -0.687. The number of aliphatic hydroxyl groups excluding tert-OH is 1. The summed E-state index contributed by atoms with van der Waals surface area (Å²) in [6.07, 6.45) is -0.390. The quantitative estimate of drug-likeness (QED) is 0.260. The van der Waals surface area contributed by atoms with Crippen LogP contribution in [0.5, 0.6) is 5.75 Å². The van der Waals surface area contributed by atoms with E-state index in [9.17, 15) is 14.7 Å². The van der Waals surface area contributed by atoms with Gasteiger partial charge in [0.05, 0.1) is 25.4 Å². The fraction of sp³-hybridized carbons (Fsp3) is 0.680.